The second-order valence-corrected chi connectivity index (χ2v) is 8.78. The third-order valence-corrected chi connectivity index (χ3v) is 6.53. The van der Waals surface area contributed by atoms with E-state index in [9.17, 15) is 13.2 Å². The maximum atomic E-state index is 12.6. The molecule has 1 aliphatic rings. The first-order valence-electron chi connectivity index (χ1n) is 8.41. The van der Waals surface area contributed by atoms with Crippen LogP contribution in [0.25, 0.3) is 11.0 Å². The molecule has 0 amide bonds. The fraction of sp³-hybridized carbons (Fsp3) is 0.333. The average Bonchev–Trinajstić information content (AvgIpc) is 3.29. The maximum absolute atomic E-state index is 12.6. The zero-order valence-electron chi connectivity index (χ0n) is 14.6. The van der Waals surface area contributed by atoms with Crippen molar-refractivity contribution in [2.75, 3.05) is 0 Å². The highest BCUT2D eigenvalue weighted by molar-refractivity contribution is 7.89. The Balaban J connectivity index is 1.78. The number of hydrogen-bond donors (Lipinski definition) is 1. The van der Waals surface area contributed by atoms with Crippen LogP contribution in [0.1, 0.15) is 25.3 Å². The molecule has 7 nitrogen and oxygen atoms in total. The van der Waals surface area contributed by atoms with Gasteiger partial charge in [0.2, 0.25) is 10.0 Å². The zero-order valence-corrected chi connectivity index (χ0v) is 15.5. The second-order valence-electron chi connectivity index (χ2n) is 7.10. The van der Waals surface area contributed by atoms with Crippen molar-refractivity contribution < 1.29 is 8.42 Å². The number of hydrogen-bond acceptors (Lipinski definition) is 4. The van der Waals surface area contributed by atoms with Crippen molar-refractivity contribution in [3.8, 4) is 0 Å². The van der Waals surface area contributed by atoms with Gasteiger partial charge in [0, 0.05) is 25.0 Å². The zero-order chi connectivity index (χ0) is 18.5. The van der Waals surface area contributed by atoms with Crippen LogP contribution in [0.4, 0.5) is 0 Å². The number of rotatable bonds is 5. The number of aromatic nitrogens is 3. The van der Waals surface area contributed by atoms with Crippen LogP contribution < -0.4 is 10.4 Å². The number of nitrogens with zero attached hydrogens (tertiary/aromatic N) is 3. The van der Waals surface area contributed by atoms with E-state index in [-0.39, 0.29) is 16.1 Å². The number of pyridine rings is 1. The molecule has 136 valence electrons. The van der Waals surface area contributed by atoms with E-state index in [1.165, 1.54) is 4.57 Å². The summed E-state index contributed by atoms with van der Waals surface area (Å²) in [5.41, 5.74) is 1.72. The largest absolute Gasteiger partial charge is 0.329 e. The average molecular weight is 372 g/mol. The number of nitrogens with one attached hydrogen (secondary N) is 1. The van der Waals surface area contributed by atoms with Crippen LogP contribution in [-0.2, 0) is 23.6 Å². The topological polar surface area (TPSA) is 86.0 Å². The van der Waals surface area contributed by atoms with Gasteiger partial charge in [-0.15, -0.1) is 0 Å². The van der Waals surface area contributed by atoms with Crippen molar-refractivity contribution in [2.45, 2.75) is 36.7 Å². The van der Waals surface area contributed by atoms with Crippen LogP contribution in [0.2, 0.25) is 0 Å². The predicted octanol–water partition coefficient (Wildman–Crippen LogP) is 1.61. The Hall–Kier alpha value is -2.45. The molecule has 0 aliphatic heterocycles. The number of sulfonamides is 1. The first kappa shape index (κ1) is 17.0. The first-order chi connectivity index (χ1) is 12.3. The molecule has 2 aromatic heterocycles. The molecule has 1 fully saturated rings. The summed E-state index contributed by atoms with van der Waals surface area (Å²) < 4.78 is 31.1. The highest BCUT2D eigenvalue weighted by Gasteiger charge is 2.41. The molecule has 3 aromatic rings. The number of aryl methyl sites for hydroxylation is 1. The number of fused-ring (bicyclic) bond motifs is 1. The molecule has 1 saturated carbocycles. The third kappa shape index (κ3) is 2.95. The Morgan fingerprint density at radius 2 is 1.85 bits per heavy atom. The van der Waals surface area contributed by atoms with Gasteiger partial charge in [-0.3, -0.25) is 14.1 Å². The molecule has 1 aromatic carbocycles. The Kier molecular flexibility index (Phi) is 3.78. The molecule has 2 heterocycles. The van der Waals surface area contributed by atoms with Crippen molar-refractivity contribution in [2.24, 2.45) is 7.05 Å². The van der Waals surface area contributed by atoms with E-state index in [0.717, 1.165) is 18.4 Å². The molecular weight excluding hydrogens is 352 g/mol. The van der Waals surface area contributed by atoms with Crippen molar-refractivity contribution in [1.29, 1.82) is 0 Å². The molecule has 0 radical (unpaired) electrons. The van der Waals surface area contributed by atoms with E-state index >= 15 is 0 Å². The van der Waals surface area contributed by atoms with Gasteiger partial charge >= 0.3 is 5.69 Å². The number of benzene rings is 1. The molecule has 0 saturated heterocycles. The molecule has 26 heavy (non-hydrogen) atoms. The van der Waals surface area contributed by atoms with Gasteiger partial charge in [-0.05, 0) is 55.7 Å². The van der Waals surface area contributed by atoms with Crippen LogP contribution in [0, 0.1) is 0 Å². The van der Waals surface area contributed by atoms with E-state index in [2.05, 4.69) is 9.71 Å². The molecule has 0 spiro atoms. The molecule has 0 bridgehead atoms. The Bertz CT molecular complexity index is 1140. The summed E-state index contributed by atoms with van der Waals surface area (Å²) in [7, 11) is -1.96. The molecular formula is C18H20N4O3S. The summed E-state index contributed by atoms with van der Waals surface area (Å²) in [5.74, 6) is 0. The third-order valence-electron chi connectivity index (χ3n) is 4.90. The van der Waals surface area contributed by atoms with Crippen LogP contribution >= 0.6 is 0 Å². The summed E-state index contributed by atoms with van der Waals surface area (Å²) in [5, 5.41) is 0. The van der Waals surface area contributed by atoms with Crippen molar-refractivity contribution in [3.63, 3.8) is 0 Å². The van der Waals surface area contributed by atoms with Gasteiger partial charge in [-0.2, -0.15) is 0 Å². The van der Waals surface area contributed by atoms with E-state index < -0.39 is 10.0 Å². The fourth-order valence-electron chi connectivity index (χ4n) is 3.05. The second kappa shape index (κ2) is 5.78. The normalized spacial score (nSPS) is 16.1. The van der Waals surface area contributed by atoms with Gasteiger partial charge in [-0.1, -0.05) is 0 Å². The monoisotopic (exact) mass is 372 g/mol. The van der Waals surface area contributed by atoms with E-state index in [0.29, 0.717) is 17.6 Å². The summed E-state index contributed by atoms with van der Waals surface area (Å²) in [6.07, 6.45) is 5.05. The summed E-state index contributed by atoms with van der Waals surface area (Å²) in [4.78, 5) is 16.8. The molecule has 0 atom stereocenters. The lowest BCUT2D eigenvalue weighted by atomic mass is 10.2. The predicted molar refractivity (Wildman–Crippen MR) is 98.5 cm³/mol. The minimum atomic E-state index is -3.61. The maximum Gasteiger partial charge on any atom is 0.329 e. The lowest BCUT2D eigenvalue weighted by Gasteiger charge is -2.12. The Morgan fingerprint density at radius 3 is 2.50 bits per heavy atom. The summed E-state index contributed by atoms with van der Waals surface area (Å²) in [6.45, 7) is 2.30. The summed E-state index contributed by atoms with van der Waals surface area (Å²) in [6, 6.07) is 8.52. The van der Waals surface area contributed by atoms with E-state index in [4.69, 9.17) is 0 Å². The smallest absolute Gasteiger partial charge is 0.295 e. The molecule has 1 N–H and O–H groups in total. The minimum absolute atomic E-state index is 0.176. The SMILES string of the molecule is Cn1c(=O)n(Cc2ccncc2)c2ccc(S(=O)(=O)NC3(C)CC3)cc21. The summed E-state index contributed by atoms with van der Waals surface area (Å²) >= 11 is 0. The van der Waals surface area contributed by atoms with Crippen molar-refractivity contribution in [1.82, 2.24) is 18.8 Å². The van der Waals surface area contributed by atoms with Crippen molar-refractivity contribution in [3.05, 3.63) is 58.8 Å². The highest BCUT2D eigenvalue weighted by Crippen LogP contribution is 2.36. The number of imidazole rings is 1. The van der Waals surface area contributed by atoms with Gasteiger partial charge in [0.25, 0.3) is 0 Å². The minimum Gasteiger partial charge on any atom is -0.295 e. The highest BCUT2D eigenvalue weighted by atomic mass is 32.2. The van der Waals surface area contributed by atoms with Crippen LogP contribution in [0.15, 0.2) is 52.4 Å². The van der Waals surface area contributed by atoms with Gasteiger partial charge < -0.3 is 0 Å². The van der Waals surface area contributed by atoms with Gasteiger partial charge in [0.05, 0.1) is 22.5 Å². The van der Waals surface area contributed by atoms with E-state index in [1.54, 1.807) is 42.2 Å². The van der Waals surface area contributed by atoms with Crippen LogP contribution in [-0.4, -0.2) is 28.1 Å². The van der Waals surface area contributed by atoms with E-state index in [1.807, 2.05) is 19.1 Å². The Morgan fingerprint density at radius 1 is 1.15 bits per heavy atom. The quantitative estimate of drug-likeness (QED) is 0.737. The molecule has 4 rings (SSSR count). The van der Waals surface area contributed by atoms with Gasteiger partial charge in [-0.25, -0.2) is 17.9 Å². The van der Waals surface area contributed by atoms with Gasteiger partial charge in [0.1, 0.15) is 0 Å². The molecule has 8 heteroatoms. The lowest BCUT2D eigenvalue weighted by Crippen LogP contribution is -2.34. The first-order valence-corrected chi connectivity index (χ1v) is 9.90. The van der Waals surface area contributed by atoms with Gasteiger partial charge in [0.15, 0.2) is 0 Å². The Labute approximate surface area is 151 Å². The van der Waals surface area contributed by atoms with Crippen LogP contribution in [0.3, 0.4) is 0 Å². The lowest BCUT2D eigenvalue weighted by molar-refractivity contribution is 0.558. The fourth-order valence-corrected chi connectivity index (χ4v) is 4.54. The standard InChI is InChI=1S/C18H20N4O3S/c1-18(7-8-18)20-26(24,25)14-3-4-15-16(11-14)21(2)17(23)22(15)12-13-5-9-19-10-6-13/h3-6,9-11,20H,7-8,12H2,1-2H3. The molecule has 0 unspecified atom stereocenters. The molecule has 1 aliphatic carbocycles. The van der Waals surface area contributed by atoms with Crippen LogP contribution in [0.5, 0.6) is 0 Å². The van der Waals surface area contributed by atoms with Crippen molar-refractivity contribution >= 4 is 21.1 Å².